The molecule has 0 aliphatic heterocycles. The summed E-state index contributed by atoms with van der Waals surface area (Å²) in [6, 6.07) is 15.0. The third kappa shape index (κ3) is 3.83. The number of carbonyl (C=O) groups is 1. The van der Waals surface area contributed by atoms with Crippen LogP contribution in [0, 0.1) is 5.92 Å². The molecule has 4 rings (SSSR count). The highest BCUT2D eigenvalue weighted by molar-refractivity contribution is 6.31. The number of nitrogens with two attached hydrogens (primary N) is 1. The maximum absolute atomic E-state index is 12.9. The van der Waals surface area contributed by atoms with Crippen LogP contribution in [-0.2, 0) is 11.3 Å². The molecule has 0 saturated heterocycles. The van der Waals surface area contributed by atoms with Crippen LogP contribution in [0.15, 0.2) is 48.5 Å². The van der Waals surface area contributed by atoms with Crippen LogP contribution in [-0.4, -0.2) is 27.1 Å². The largest absolute Gasteiger partial charge is 0.462 e. The normalized spacial score (nSPS) is 11.5. The fourth-order valence-electron chi connectivity index (χ4n) is 3.33. The molecule has 0 fully saturated rings. The molecule has 0 unspecified atom stereocenters. The second kappa shape index (κ2) is 8.32. The molecule has 0 bridgehead atoms. The lowest BCUT2D eigenvalue weighted by atomic mass is 10.1. The number of para-hydroxylation sites is 2. The number of rotatable bonds is 6. The van der Waals surface area contributed by atoms with Crippen molar-refractivity contribution in [1.82, 2.24) is 14.5 Å². The second-order valence-corrected chi connectivity index (χ2v) is 8.05. The van der Waals surface area contributed by atoms with Gasteiger partial charge in [0.15, 0.2) is 5.65 Å². The van der Waals surface area contributed by atoms with Crippen molar-refractivity contribution in [2.75, 3.05) is 12.3 Å². The number of anilines is 1. The van der Waals surface area contributed by atoms with Gasteiger partial charge in [0.1, 0.15) is 16.9 Å². The molecule has 2 heterocycles. The van der Waals surface area contributed by atoms with Gasteiger partial charge in [0.2, 0.25) is 0 Å². The minimum absolute atomic E-state index is 0.249. The Hall–Kier alpha value is -3.12. The summed E-state index contributed by atoms with van der Waals surface area (Å²) in [5, 5.41) is 0.619. The van der Waals surface area contributed by atoms with Crippen LogP contribution in [0.25, 0.3) is 22.2 Å². The predicted octanol–water partition coefficient (Wildman–Crippen LogP) is 5.07. The molecule has 7 heteroatoms. The summed E-state index contributed by atoms with van der Waals surface area (Å²) in [5.74, 6) is 0.218. The number of nitrogens with zero attached hydrogens (tertiary/aromatic N) is 3. The Morgan fingerprint density at radius 3 is 2.47 bits per heavy atom. The molecule has 6 nitrogen and oxygen atoms in total. The number of halogens is 1. The van der Waals surface area contributed by atoms with Gasteiger partial charge in [-0.15, -0.1) is 0 Å². The number of esters is 1. The van der Waals surface area contributed by atoms with Gasteiger partial charge >= 0.3 is 5.97 Å². The van der Waals surface area contributed by atoms with Crippen LogP contribution in [0.4, 0.5) is 5.82 Å². The molecular formula is C23H23ClN4O2. The highest BCUT2D eigenvalue weighted by Gasteiger charge is 2.25. The Kier molecular flexibility index (Phi) is 5.59. The van der Waals surface area contributed by atoms with E-state index in [4.69, 9.17) is 32.0 Å². The molecule has 30 heavy (non-hydrogen) atoms. The first kappa shape index (κ1) is 20.2. The van der Waals surface area contributed by atoms with E-state index in [1.807, 2.05) is 48.5 Å². The van der Waals surface area contributed by atoms with Crippen molar-refractivity contribution in [3.63, 3.8) is 0 Å². The standard InChI is InChI=1S/C23H23ClN4O2/c1-14(2)11-12-30-23(29)19-20-22(27-18-10-6-5-9-17(18)26-20)28(21(19)25)13-15-7-3-4-8-16(15)24/h3-10,14H,11-13,25H2,1-2H3. The topological polar surface area (TPSA) is 83.0 Å². The lowest BCUT2D eigenvalue weighted by Gasteiger charge is -2.10. The Bertz CT molecular complexity index is 1230. The zero-order valence-corrected chi connectivity index (χ0v) is 17.7. The van der Waals surface area contributed by atoms with E-state index in [0.717, 1.165) is 17.5 Å². The van der Waals surface area contributed by atoms with Gasteiger partial charge in [-0.3, -0.25) is 0 Å². The smallest absolute Gasteiger partial charge is 0.344 e. The molecule has 2 aromatic carbocycles. The monoisotopic (exact) mass is 422 g/mol. The van der Waals surface area contributed by atoms with E-state index in [9.17, 15) is 4.79 Å². The average molecular weight is 423 g/mol. The molecule has 0 aliphatic rings. The van der Waals surface area contributed by atoms with Crippen LogP contribution in [0.3, 0.4) is 0 Å². The molecule has 0 radical (unpaired) electrons. The number of benzene rings is 2. The van der Waals surface area contributed by atoms with Gasteiger partial charge in [0.25, 0.3) is 0 Å². The van der Waals surface area contributed by atoms with Crippen LogP contribution in [0.1, 0.15) is 36.2 Å². The van der Waals surface area contributed by atoms with E-state index in [2.05, 4.69) is 13.8 Å². The van der Waals surface area contributed by atoms with E-state index >= 15 is 0 Å². The van der Waals surface area contributed by atoms with Gasteiger partial charge in [0, 0.05) is 5.02 Å². The summed E-state index contributed by atoms with van der Waals surface area (Å²) < 4.78 is 7.27. The second-order valence-electron chi connectivity index (χ2n) is 7.64. The Balaban J connectivity index is 1.85. The summed E-state index contributed by atoms with van der Waals surface area (Å²) in [5.41, 5.74) is 9.95. The van der Waals surface area contributed by atoms with Gasteiger partial charge < -0.3 is 15.0 Å². The third-order valence-electron chi connectivity index (χ3n) is 5.01. The Morgan fingerprint density at radius 1 is 1.10 bits per heavy atom. The number of hydrogen-bond donors (Lipinski definition) is 1. The molecule has 2 aromatic heterocycles. The molecule has 154 valence electrons. The zero-order chi connectivity index (χ0) is 21.3. The van der Waals surface area contributed by atoms with E-state index in [1.54, 1.807) is 4.57 Å². The van der Waals surface area contributed by atoms with Crippen LogP contribution >= 0.6 is 11.6 Å². The molecule has 0 spiro atoms. The molecule has 0 aliphatic carbocycles. The first-order valence-electron chi connectivity index (χ1n) is 9.90. The van der Waals surface area contributed by atoms with Crippen molar-refractivity contribution in [3.05, 3.63) is 64.7 Å². The van der Waals surface area contributed by atoms with Gasteiger partial charge in [-0.2, -0.15) is 0 Å². The molecule has 2 N–H and O–H groups in total. The summed E-state index contributed by atoms with van der Waals surface area (Å²) in [6.07, 6.45) is 0.776. The molecular weight excluding hydrogens is 400 g/mol. The van der Waals surface area contributed by atoms with E-state index in [-0.39, 0.29) is 11.4 Å². The number of ether oxygens (including phenoxy) is 1. The maximum atomic E-state index is 12.9. The van der Waals surface area contributed by atoms with Crippen LogP contribution in [0.2, 0.25) is 5.02 Å². The summed E-state index contributed by atoms with van der Waals surface area (Å²) >= 11 is 6.36. The number of carbonyl (C=O) groups excluding carboxylic acids is 1. The molecule has 0 atom stereocenters. The van der Waals surface area contributed by atoms with Crippen molar-refractivity contribution in [3.8, 4) is 0 Å². The number of hydrogen-bond acceptors (Lipinski definition) is 5. The first-order valence-corrected chi connectivity index (χ1v) is 10.3. The van der Waals surface area contributed by atoms with Gasteiger partial charge in [-0.1, -0.05) is 55.8 Å². The van der Waals surface area contributed by atoms with Gasteiger partial charge in [0.05, 0.1) is 24.2 Å². The van der Waals surface area contributed by atoms with Crippen molar-refractivity contribution >= 4 is 45.6 Å². The SMILES string of the molecule is CC(C)CCOC(=O)c1c(N)n(Cc2ccccc2Cl)c2nc3ccccc3nc12. The summed E-state index contributed by atoms with van der Waals surface area (Å²) in [4.78, 5) is 22.4. The van der Waals surface area contributed by atoms with Gasteiger partial charge in [-0.25, -0.2) is 14.8 Å². The van der Waals surface area contributed by atoms with E-state index < -0.39 is 5.97 Å². The van der Waals surface area contributed by atoms with Crippen LogP contribution < -0.4 is 5.73 Å². The first-order chi connectivity index (χ1) is 14.5. The number of fused-ring (bicyclic) bond motifs is 2. The van der Waals surface area contributed by atoms with Crippen molar-refractivity contribution in [1.29, 1.82) is 0 Å². The van der Waals surface area contributed by atoms with E-state index in [1.165, 1.54) is 0 Å². The van der Waals surface area contributed by atoms with Crippen LogP contribution in [0.5, 0.6) is 0 Å². The average Bonchev–Trinajstić information content (AvgIpc) is 2.98. The highest BCUT2D eigenvalue weighted by atomic mass is 35.5. The van der Waals surface area contributed by atoms with Gasteiger partial charge in [-0.05, 0) is 36.1 Å². The highest BCUT2D eigenvalue weighted by Crippen LogP contribution is 2.30. The van der Waals surface area contributed by atoms with Crippen molar-refractivity contribution < 1.29 is 9.53 Å². The molecule has 4 aromatic rings. The molecule has 0 amide bonds. The van der Waals surface area contributed by atoms with Crippen molar-refractivity contribution in [2.24, 2.45) is 5.92 Å². The lowest BCUT2D eigenvalue weighted by molar-refractivity contribution is 0.0491. The van der Waals surface area contributed by atoms with E-state index in [0.29, 0.717) is 40.8 Å². The third-order valence-corrected chi connectivity index (χ3v) is 5.38. The minimum Gasteiger partial charge on any atom is -0.462 e. The number of aromatic nitrogens is 3. The predicted molar refractivity (Wildman–Crippen MR) is 120 cm³/mol. The fourth-order valence-corrected chi connectivity index (χ4v) is 3.53. The Labute approximate surface area is 179 Å². The Morgan fingerprint density at radius 2 is 1.77 bits per heavy atom. The molecule has 0 saturated carbocycles. The quantitative estimate of drug-likeness (QED) is 0.438. The maximum Gasteiger partial charge on any atom is 0.344 e. The summed E-state index contributed by atoms with van der Waals surface area (Å²) in [6.45, 7) is 4.85. The summed E-state index contributed by atoms with van der Waals surface area (Å²) in [7, 11) is 0. The minimum atomic E-state index is -0.486. The fraction of sp³-hybridized carbons (Fsp3) is 0.261. The lowest BCUT2D eigenvalue weighted by Crippen LogP contribution is -2.12. The number of nitrogen functional groups attached to an aromatic ring is 1. The van der Waals surface area contributed by atoms with Crippen molar-refractivity contribution in [2.45, 2.75) is 26.8 Å². The zero-order valence-electron chi connectivity index (χ0n) is 16.9.